The van der Waals surface area contributed by atoms with Gasteiger partial charge in [-0.2, -0.15) is 0 Å². The van der Waals surface area contributed by atoms with Gasteiger partial charge in [0.2, 0.25) is 0 Å². The third-order valence-corrected chi connectivity index (χ3v) is 4.11. The van der Waals surface area contributed by atoms with Gasteiger partial charge in [-0.15, -0.1) is 0 Å². The summed E-state index contributed by atoms with van der Waals surface area (Å²) >= 11 is 2.88. The number of carbonyl (C=O) groups excluding carboxylic acids is 1. The number of carbonyl (C=O) groups is 1. The Bertz CT molecular complexity index is 541. The molecule has 0 aromatic carbocycles. The highest BCUT2D eigenvalue weighted by Crippen LogP contribution is 2.28. The van der Waals surface area contributed by atoms with Gasteiger partial charge in [0.05, 0.1) is 6.61 Å². The van der Waals surface area contributed by atoms with E-state index in [-0.39, 0.29) is 21.4 Å². The molecule has 1 N–H and O–H groups in total. The van der Waals surface area contributed by atoms with Gasteiger partial charge < -0.3 is 14.5 Å². The molecule has 0 radical (unpaired) electrons. The summed E-state index contributed by atoms with van der Waals surface area (Å²) in [5.41, 5.74) is 0. The van der Waals surface area contributed by atoms with E-state index in [4.69, 9.17) is 19.8 Å². The minimum absolute atomic E-state index is 0.109. The van der Waals surface area contributed by atoms with Crippen molar-refractivity contribution in [2.75, 3.05) is 13.7 Å². The van der Waals surface area contributed by atoms with Crippen LogP contribution >= 0.6 is 26.6 Å². The van der Waals surface area contributed by atoms with Crippen LogP contribution in [-0.4, -0.2) is 34.1 Å². The van der Waals surface area contributed by atoms with Gasteiger partial charge in [0.1, 0.15) is 4.90 Å². The summed E-state index contributed by atoms with van der Waals surface area (Å²) in [6, 6.07) is 0.823. The molecule has 1 aromatic heterocycles. The highest BCUT2D eigenvalue weighted by Gasteiger charge is 2.23. The SMILES string of the molecule is COCC(C)NC(=O)c1cc(S(=O)(=O)Cl)c(Br)o1. The maximum absolute atomic E-state index is 11.7. The molecule has 9 heteroatoms. The molecule has 0 aliphatic rings. The second kappa shape index (κ2) is 6.05. The van der Waals surface area contributed by atoms with E-state index in [0.29, 0.717) is 6.61 Å². The molecule has 1 unspecified atom stereocenters. The average molecular weight is 361 g/mol. The Morgan fingerprint density at radius 2 is 2.28 bits per heavy atom. The standard InChI is InChI=1S/C9H11BrClNO5S/c1-5(4-16-2)12-9(13)6-3-7(8(10)17-6)18(11,14)15/h3,5H,4H2,1-2H3,(H,12,13). The number of nitrogens with one attached hydrogen (secondary N) is 1. The zero-order chi connectivity index (χ0) is 13.9. The first-order valence-corrected chi connectivity index (χ1v) is 7.89. The molecule has 1 rings (SSSR count). The van der Waals surface area contributed by atoms with Gasteiger partial charge in [-0.3, -0.25) is 4.79 Å². The van der Waals surface area contributed by atoms with Crippen molar-refractivity contribution in [1.82, 2.24) is 5.32 Å². The molecule has 0 aliphatic heterocycles. The average Bonchev–Trinajstić information content (AvgIpc) is 2.60. The summed E-state index contributed by atoms with van der Waals surface area (Å²) in [6.45, 7) is 2.06. The van der Waals surface area contributed by atoms with E-state index < -0.39 is 15.0 Å². The van der Waals surface area contributed by atoms with Gasteiger partial charge in [-0.25, -0.2) is 8.42 Å². The number of rotatable bonds is 5. The molecule has 0 aliphatic carbocycles. The molecule has 1 aromatic rings. The topological polar surface area (TPSA) is 85.6 Å². The number of furan rings is 1. The number of hydrogen-bond acceptors (Lipinski definition) is 5. The highest BCUT2D eigenvalue weighted by atomic mass is 79.9. The quantitative estimate of drug-likeness (QED) is 0.808. The fourth-order valence-corrected chi connectivity index (χ4v) is 3.25. The molecule has 6 nitrogen and oxygen atoms in total. The van der Waals surface area contributed by atoms with E-state index in [9.17, 15) is 13.2 Å². The Morgan fingerprint density at radius 3 is 2.72 bits per heavy atom. The lowest BCUT2D eigenvalue weighted by molar-refractivity contribution is 0.0876. The van der Waals surface area contributed by atoms with Gasteiger partial charge >= 0.3 is 0 Å². The third kappa shape index (κ3) is 3.98. The van der Waals surface area contributed by atoms with Crippen molar-refractivity contribution in [2.24, 2.45) is 0 Å². The third-order valence-electron chi connectivity index (χ3n) is 1.94. The first-order valence-electron chi connectivity index (χ1n) is 4.79. The minimum Gasteiger partial charge on any atom is -0.443 e. The molecule has 1 heterocycles. The van der Waals surface area contributed by atoms with Crippen LogP contribution in [0.2, 0.25) is 0 Å². The lowest BCUT2D eigenvalue weighted by Crippen LogP contribution is -2.35. The number of amides is 1. The first kappa shape index (κ1) is 15.5. The smallest absolute Gasteiger partial charge is 0.287 e. The monoisotopic (exact) mass is 359 g/mol. The van der Waals surface area contributed by atoms with Crippen LogP contribution in [0.3, 0.4) is 0 Å². The molecule has 0 bridgehead atoms. The molecule has 0 saturated heterocycles. The van der Waals surface area contributed by atoms with Crippen molar-refractivity contribution < 1.29 is 22.4 Å². The van der Waals surface area contributed by atoms with Crippen molar-refractivity contribution in [2.45, 2.75) is 17.9 Å². The summed E-state index contributed by atoms with van der Waals surface area (Å²) in [4.78, 5) is 11.4. The van der Waals surface area contributed by atoms with E-state index in [0.717, 1.165) is 6.07 Å². The van der Waals surface area contributed by atoms with Crippen LogP contribution in [0.4, 0.5) is 0 Å². The first-order chi connectivity index (χ1) is 8.25. The molecule has 0 spiro atoms. The fourth-order valence-electron chi connectivity index (χ4n) is 1.22. The molecule has 0 saturated carbocycles. The lowest BCUT2D eigenvalue weighted by atomic mass is 10.3. The Kier molecular flexibility index (Phi) is 5.20. The maximum atomic E-state index is 11.7. The maximum Gasteiger partial charge on any atom is 0.287 e. The van der Waals surface area contributed by atoms with E-state index in [1.54, 1.807) is 6.92 Å². The van der Waals surface area contributed by atoms with Gasteiger partial charge in [0.25, 0.3) is 15.0 Å². The van der Waals surface area contributed by atoms with Crippen LogP contribution in [-0.2, 0) is 13.8 Å². The molecule has 102 valence electrons. The van der Waals surface area contributed by atoms with Crippen LogP contribution in [0.1, 0.15) is 17.5 Å². The summed E-state index contributed by atoms with van der Waals surface area (Å²) < 4.78 is 32.0. The molecule has 0 fully saturated rings. The summed E-state index contributed by atoms with van der Waals surface area (Å²) in [5, 5.41) is 2.57. The Balaban J connectivity index is 2.89. The van der Waals surface area contributed by atoms with Crippen molar-refractivity contribution in [3.8, 4) is 0 Å². The Morgan fingerprint density at radius 1 is 1.67 bits per heavy atom. The van der Waals surface area contributed by atoms with Gasteiger partial charge in [0, 0.05) is 29.9 Å². The zero-order valence-electron chi connectivity index (χ0n) is 9.57. The second-order valence-corrected chi connectivity index (χ2v) is 6.77. The van der Waals surface area contributed by atoms with Crippen LogP contribution in [0.5, 0.6) is 0 Å². The molecule has 1 amide bonds. The van der Waals surface area contributed by atoms with E-state index >= 15 is 0 Å². The molecular weight excluding hydrogens is 350 g/mol. The normalized spacial score (nSPS) is 13.3. The molecule has 18 heavy (non-hydrogen) atoms. The predicted octanol–water partition coefficient (Wildman–Crippen LogP) is 1.73. The summed E-state index contributed by atoms with van der Waals surface area (Å²) in [6.07, 6.45) is 0. The number of methoxy groups -OCH3 is 1. The van der Waals surface area contributed by atoms with Crippen LogP contribution in [0, 0.1) is 0 Å². The zero-order valence-corrected chi connectivity index (χ0v) is 12.7. The highest BCUT2D eigenvalue weighted by molar-refractivity contribution is 9.10. The largest absolute Gasteiger partial charge is 0.443 e. The number of ether oxygens (including phenoxy) is 1. The molecular formula is C9H11BrClNO5S. The van der Waals surface area contributed by atoms with Crippen LogP contribution in [0.25, 0.3) is 0 Å². The number of halogens is 2. The second-order valence-electron chi connectivity index (χ2n) is 3.52. The van der Waals surface area contributed by atoms with Gasteiger partial charge in [-0.05, 0) is 22.9 Å². The van der Waals surface area contributed by atoms with E-state index in [1.165, 1.54) is 7.11 Å². The van der Waals surface area contributed by atoms with E-state index in [2.05, 4.69) is 21.2 Å². The summed E-state index contributed by atoms with van der Waals surface area (Å²) in [7, 11) is 2.71. The predicted molar refractivity (Wildman–Crippen MR) is 68.3 cm³/mol. The number of hydrogen-bond donors (Lipinski definition) is 1. The Labute approximate surface area is 117 Å². The van der Waals surface area contributed by atoms with Crippen molar-refractivity contribution in [1.29, 1.82) is 0 Å². The minimum atomic E-state index is -3.96. The van der Waals surface area contributed by atoms with Gasteiger partial charge in [-0.1, -0.05) is 0 Å². The molecule has 1 atom stereocenters. The summed E-state index contributed by atoms with van der Waals surface area (Å²) in [5.74, 6) is -0.698. The lowest BCUT2D eigenvalue weighted by Gasteiger charge is -2.10. The van der Waals surface area contributed by atoms with Gasteiger partial charge in [0.15, 0.2) is 10.4 Å². The van der Waals surface area contributed by atoms with Crippen LogP contribution < -0.4 is 5.32 Å². The fraction of sp³-hybridized carbons (Fsp3) is 0.444. The Hall–Kier alpha value is -0.570. The van der Waals surface area contributed by atoms with Crippen LogP contribution in [0.15, 0.2) is 20.0 Å². The van der Waals surface area contributed by atoms with Crippen molar-refractivity contribution in [3.63, 3.8) is 0 Å². The van der Waals surface area contributed by atoms with Crippen molar-refractivity contribution >= 4 is 41.6 Å². The van der Waals surface area contributed by atoms with Crippen molar-refractivity contribution in [3.05, 3.63) is 16.5 Å². The van der Waals surface area contributed by atoms with E-state index in [1.807, 2.05) is 0 Å².